The van der Waals surface area contributed by atoms with Crippen molar-refractivity contribution < 1.29 is 33.0 Å². The first-order chi connectivity index (χ1) is 13.8. The van der Waals surface area contributed by atoms with E-state index >= 15 is 0 Å². The SMILES string of the molecule is COc1ccc(C=C2SC(=O)N(CC(=O)Nc3ccc(F)cc3F)C2=O)cc1O. The molecule has 1 fully saturated rings. The lowest BCUT2D eigenvalue weighted by Crippen LogP contribution is -2.36. The van der Waals surface area contributed by atoms with E-state index in [1.807, 2.05) is 0 Å². The average Bonchev–Trinajstić information content (AvgIpc) is 2.91. The molecule has 7 nitrogen and oxygen atoms in total. The Morgan fingerprint density at radius 1 is 1.24 bits per heavy atom. The second-order valence-electron chi connectivity index (χ2n) is 5.87. The molecule has 1 saturated heterocycles. The molecule has 1 aliphatic rings. The number of halogens is 2. The molecule has 0 atom stereocenters. The maximum absolute atomic E-state index is 13.6. The molecular formula is C19H14F2N2O5S. The Labute approximate surface area is 168 Å². The number of phenolic OH excluding ortho intramolecular Hbond substituents is 1. The van der Waals surface area contributed by atoms with Crippen LogP contribution in [0.2, 0.25) is 0 Å². The number of anilines is 1. The predicted octanol–water partition coefficient (Wildman–Crippen LogP) is 3.35. The van der Waals surface area contributed by atoms with Gasteiger partial charge in [0.15, 0.2) is 11.5 Å². The number of benzene rings is 2. The van der Waals surface area contributed by atoms with Gasteiger partial charge in [0.05, 0.1) is 17.7 Å². The van der Waals surface area contributed by atoms with E-state index in [0.29, 0.717) is 28.3 Å². The highest BCUT2D eigenvalue weighted by atomic mass is 32.2. The number of ether oxygens (including phenoxy) is 1. The molecule has 0 aromatic heterocycles. The molecule has 2 aromatic rings. The lowest BCUT2D eigenvalue weighted by atomic mass is 10.2. The van der Waals surface area contributed by atoms with Crippen molar-refractivity contribution in [2.24, 2.45) is 0 Å². The van der Waals surface area contributed by atoms with Gasteiger partial charge in [-0.3, -0.25) is 19.3 Å². The van der Waals surface area contributed by atoms with Gasteiger partial charge in [-0.25, -0.2) is 8.78 Å². The van der Waals surface area contributed by atoms with Crippen LogP contribution in [0.1, 0.15) is 5.56 Å². The normalized spacial score (nSPS) is 15.1. The number of nitrogens with zero attached hydrogens (tertiary/aromatic N) is 1. The van der Waals surface area contributed by atoms with Crippen molar-refractivity contribution in [3.8, 4) is 11.5 Å². The number of amides is 3. The van der Waals surface area contributed by atoms with Crippen LogP contribution in [0.25, 0.3) is 6.08 Å². The van der Waals surface area contributed by atoms with E-state index < -0.39 is 35.2 Å². The fourth-order valence-corrected chi connectivity index (χ4v) is 3.35. The smallest absolute Gasteiger partial charge is 0.294 e. The Morgan fingerprint density at radius 2 is 2.00 bits per heavy atom. The number of hydrogen-bond donors (Lipinski definition) is 2. The molecule has 0 saturated carbocycles. The molecule has 3 rings (SSSR count). The Balaban J connectivity index is 1.71. The van der Waals surface area contributed by atoms with Gasteiger partial charge < -0.3 is 15.2 Å². The van der Waals surface area contributed by atoms with E-state index in [4.69, 9.17) is 4.74 Å². The molecule has 0 spiro atoms. The van der Waals surface area contributed by atoms with Crippen molar-refractivity contribution in [1.29, 1.82) is 0 Å². The zero-order chi connectivity index (χ0) is 21.1. The predicted molar refractivity (Wildman–Crippen MR) is 102 cm³/mol. The molecule has 1 heterocycles. The van der Waals surface area contributed by atoms with Crippen LogP contribution in [0.15, 0.2) is 41.3 Å². The van der Waals surface area contributed by atoms with Gasteiger partial charge in [0.25, 0.3) is 11.1 Å². The molecule has 29 heavy (non-hydrogen) atoms. The topological polar surface area (TPSA) is 95.9 Å². The van der Waals surface area contributed by atoms with Crippen molar-refractivity contribution in [3.63, 3.8) is 0 Å². The number of phenols is 1. The fourth-order valence-electron chi connectivity index (χ4n) is 2.51. The molecule has 2 N–H and O–H groups in total. The Kier molecular flexibility index (Phi) is 5.83. The quantitative estimate of drug-likeness (QED) is 0.721. The molecule has 1 aliphatic heterocycles. The zero-order valence-electron chi connectivity index (χ0n) is 14.9. The van der Waals surface area contributed by atoms with Crippen molar-refractivity contribution in [3.05, 3.63) is 58.5 Å². The third kappa shape index (κ3) is 4.54. The second-order valence-corrected chi connectivity index (χ2v) is 6.86. The summed E-state index contributed by atoms with van der Waals surface area (Å²) < 4.78 is 31.5. The molecule has 10 heteroatoms. The number of aromatic hydroxyl groups is 1. The number of nitrogens with one attached hydrogen (secondary N) is 1. The highest BCUT2D eigenvalue weighted by Crippen LogP contribution is 2.34. The van der Waals surface area contributed by atoms with E-state index in [9.17, 15) is 28.3 Å². The van der Waals surface area contributed by atoms with E-state index in [-0.39, 0.29) is 22.1 Å². The minimum Gasteiger partial charge on any atom is -0.504 e. The minimum absolute atomic E-state index is 0.0559. The first-order valence-corrected chi connectivity index (χ1v) is 8.97. The van der Waals surface area contributed by atoms with Crippen LogP contribution < -0.4 is 10.1 Å². The van der Waals surface area contributed by atoms with E-state index in [1.165, 1.54) is 25.3 Å². The lowest BCUT2D eigenvalue weighted by molar-refractivity contribution is -0.127. The average molecular weight is 420 g/mol. The van der Waals surface area contributed by atoms with Gasteiger partial charge in [-0.2, -0.15) is 0 Å². The van der Waals surface area contributed by atoms with Gasteiger partial charge in [0, 0.05) is 6.07 Å². The third-order valence-electron chi connectivity index (χ3n) is 3.88. The molecule has 0 radical (unpaired) electrons. The molecule has 150 valence electrons. The minimum atomic E-state index is -0.980. The number of methoxy groups -OCH3 is 1. The summed E-state index contributed by atoms with van der Waals surface area (Å²) in [4.78, 5) is 37.4. The number of carbonyl (C=O) groups excluding carboxylic acids is 3. The van der Waals surface area contributed by atoms with Crippen LogP contribution >= 0.6 is 11.8 Å². The Hall–Kier alpha value is -3.40. The van der Waals surface area contributed by atoms with Crippen LogP contribution in [0.4, 0.5) is 19.3 Å². The summed E-state index contributed by atoms with van der Waals surface area (Å²) in [6, 6.07) is 7.03. The van der Waals surface area contributed by atoms with Crippen molar-refractivity contribution in [2.75, 3.05) is 19.0 Å². The van der Waals surface area contributed by atoms with Crippen molar-refractivity contribution in [1.82, 2.24) is 4.90 Å². The highest BCUT2D eigenvalue weighted by Gasteiger charge is 2.36. The lowest BCUT2D eigenvalue weighted by Gasteiger charge is -2.12. The molecule has 2 aromatic carbocycles. The van der Waals surface area contributed by atoms with Crippen LogP contribution in [-0.4, -0.2) is 40.7 Å². The molecule has 0 bridgehead atoms. The highest BCUT2D eigenvalue weighted by molar-refractivity contribution is 8.18. The third-order valence-corrected chi connectivity index (χ3v) is 4.79. The Bertz CT molecular complexity index is 1040. The van der Waals surface area contributed by atoms with Gasteiger partial charge in [-0.15, -0.1) is 0 Å². The number of rotatable bonds is 5. The maximum Gasteiger partial charge on any atom is 0.294 e. The number of hydrogen-bond acceptors (Lipinski definition) is 6. The maximum atomic E-state index is 13.6. The summed E-state index contributed by atoms with van der Waals surface area (Å²) in [7, 11) is 1.39. The summed E-state index contributed by atoms with van der Waals surface area (Å²) in [5.41, 5.74) is 0.180. The first kappa shape index (κ1) is 20.3. The molecule has 0 unspecified atom stereocenters. The molecular weight excluding hydrogens is 406 g/mol. The van der Waals surface area contributed by atoms with Crippen LogP contribution in [0, 0.1) is 11.6 Å². The van der Waals surface area contributed by atoms with Gasteiger partial charge >= 0.3 is 0 Å². The van der Waals surface area contributed by atoms with E-state index in [2.05, 4.69) is 5.32 Å². The summed E-state index contributed by atoms with van der Waals surface area (Å²) in [5, 5.41) is 11.3. The van der Waals surface area contributed by atoms with Crippen molar-refractivity contribution in [2.45, 2.75) is 0 Å². The zero-order valence-corrected chi connectivity index (χ0v) is 15.8. The van der Waals surface area contributed by atoms with Crippen LogP contribution in [0.3, 0.4) is 0 Å². The summed E-state index contributed by atoms with van der Waals surface area (Å²) in [5.74, 6) is -3.19. The van der Waals surface area contributed by atoms with Gasteiger partial charge in [0.2, 0.25) is 5.91 Å². The number of carbonyl (C=O) groups is 3. The summed E-state index contributed by atoms with van der Waals surface area (Å²) in [6.07, 6.45) is 1.39. The van der Waals surface area contributed by atoms with Gasteiger partial charge in [0.1, 0.15) is 18.2 Å². The second kappa shape index (κ2) is 8.31. The fraction of sp³-hybridized carbons (Fsp3) is 0.105. The van der Waals surface area contributed by atoms with Crippen molar-refractivity contribution >= 4 is 40.6 Å². The van der Waals surface area contributed by atoms with Crippen LogP contribution in [-0.2, 0) is 9.59 Å². The van der Waals surface area contributed by atoms with Gasteiger partial charge in [-0.1, -0.05) is 6.07 Å². The van der Waals surface area contributed by atoms with E-state index in [0.717, 1.165) is 12.1 Å². The van der Waals surface area contributed by atoms with Crippen LogP contribution in [0.5, 0.6) is 11.5 Å². The summed E-state index contributed by atoms with van der Waals surface area (Å²) in [6.45, 7) is -0.632. The standard InChI is InChI=1S/C19H14F2N2O5S/c1-28-15-5-2-10(6-14(15)24)7-16-18(26)23(19(27)29-16)9-17(25)22-13-4-3-11(20)8-12(13)21/h2-8,24H,9H2,1H3,(H,22,25). The Morgan fingerprint density at radius 3 is 2.66 bits per heavy atom. The van der Waals surface area contributed by atoms with E-state index in [1.54, 1.807) is 6.07 Å². The molecule has 3 amide bonds. The summed E-state index contributed by atoms with van der Waals surface area (Å²) >= 11 is 0.628. The molecule has 0 aliphatic carbocycles. The number of imide groups is 1. The largest absolute Gasteiger partial charge is 0.504 e. The first-order valence-electron chi connectivity index (χ1n) is 8.15. The number of thioether (sulfide) groups is 1. The monoisotopic (exact) mass is 420 g/mol. The van der Waals surface area contributed by atoms with Gasteiger partial charge in [-0.05, 0) is 47.7 Å².